The van der Waals surface area contributed by atoms with E-state index in [0.717, 1.165) is 6.08 Å². The summed E-state index contributed by atoms with van der Waals surface area (Å²) in [7, 11) is 1.33. The number of halogens is 3. The lowest BCUT2D eigenvalue weighted by atomic mass is 10.2. The van der Waals surface area contributed by atoms with Gasteiger partial charge in [0.15, 0.2) is 5.71 Å². The number of hydrogen-bond donors (Lipinski definition) is 0. The number of alkyl halides is 3. The topological polar surface area (TPSA) is 30.8 Å². The second-order valence-electron chi connectivity index (χ2n) is 2.54. The molecule has 0 aliphatic carbocycles. The number of ether oxygens (including phenoxy) is 1. The summed E-state index contributed by atoms with van der Waals surface area (Å²) in [5, 5.41) is 2.89. The molecule has 1 unspecified atom stereocenters. The molecule has 0 fully saturated rings. The van der Waals surface area contributed by atoms with Gasteiger partial charge in [-0.3, -0.25) is 0 Å². The van der Waals surface area contributed by atoms with Crippen LogP contribution in [0.4, 0.5) is 13.2 Å². The van der Waals surface area contributed by atoms with Crippen LogP contribution in [0.5, 0.6) is 0 Å². The van der Waals surface area contributed by atoms with Crippen molar-refractivity contribution in [2.75, 3.05) is 7.11 Å². The minimum absolute atomic E-state index is 0.338. The summed E-state index contributed by atoms with van der Waals surface area (Å²) in [6.07, 6.45) is -4.39. The number of methoxy groups -OCH3 is 1. The molecule has 0 saturated heterocycles. The third-order valence-corrected chi connectivity index (χ3v) is 1.49. The number of rotatable bonds is 1. The molecule has 0 spiro atoms. The molecule has 3 nitrogen and oxygen atoms in total. The van der Waals surface area contributed by atoms with Gasteiger partial charge >= 0.3 is 6.18 Å². The summed E-state index contributed by atoms with van der Waals surface area (Å²) in [5.41, 5.74) is -0.705. The van der Waals surface area contributed by atoms with Crippen molar-refractivity contribution in [3.63, 3.8) is 0 Å². The lowest BCUT2D eigenvalue weighted by Crippen LogP contribution is -2.28. The van der Waals surface area contributed by atoms with E-state index in [9.17, 15) is 13.2 Å². The van der Waals surface area contributed by atoms with E-state index < -0.39 is 18.2 Å². The average molecular weight is 195 g/mol. The molecule has 1 rings (SSSR count). The van der Waals surface area contributed by atoms with Crippen LogP contribution in [0.25, 0.3) is 0 Å². The molecule has 0 aromatic rings. The first-order valence-corrected chi connectivity index (χ1v) is 3.47. The van der Waals surface area contributed by atoms with E-state index in [1.165, 1.54) is 14.0 Å². The molecule has 6 heteroatoms. The highest BCUT2D eigenvalue weighted by atomic mass is 19.4. The Morgan fingerprint density at radius 3 is 2.54 bits per heavy atom. The Labute approximate surface area is 72.8 Å². The third-order valence-electron chi connectivity index (χ3n) is 1.49. The molecule has 0 amide bonds. The van der Waals surface area contributed by atoms with Crippen LogP contribution in [0.3, 0.4) is 0 Å². The number of allylic oxidation sites excluding steroid dienone is 1. The molecule has 13 heavy (non-hydrogen) atoms. The van der Waals surface area contributed by atoms with E-state index in [4.69, 9.17) is 4.74 Å². The quantitative estimate of drug-likeness (QED) is 0.639. The van der Waals surface area contributed by atoms with Gasteiger partial charge in [0.25, 0.3) is 0 Å². The molecule has 0 N–H and O–H groups in total. The fraction of sp³-hybridized carbons (Fsp3) is 0.571. The molecule has 1 atom stereocenters. The first kappa shape index (κ1) is 10.0. The predicted molar refractivity (Wildman–Crippen MR) is 39.1 cm³/mol. The summed E-state index contributed by atoms with van der Waals surface area (Å²) in [6.45, 7) is 1.48. The summed E-state index contributed by atoms with van der Waals surface area (Å²) in [5.74, 6) is 0. The normalized spacial score (nSPS) is 23.3. The van der Waals surface area contributed by atoms with Crippen LogP contribution < -0.4 is 0 Å². The summed E-state index contributed by atoms with van der Waals surface area (Å²) in [6, 6.07) is 0. The second-order valence-corrected chi connectivity index (χ2v) is 2.54. The van der Waals surface area contributed by atoms with Gasteiger partial charge in [0.2, 0.25) is 6.29 Å². The Balaban J connectivity index is 2.81. The van der Waals surface area contributed by atoms with Crippen molar-refractivity contribution in [2.45, 2.75) is 19.4 Å². The zero-order chi connectivity index (χ0) is 10.1. The minimum atomic E-state index is -4.47. The Morgan fingerprint density at radius 1 is 1.54 bits per heavy atom. The molecular formula is C7H8F3NO2. The smallest absolute Gasteiger partial charge is 0.358 e. The molecule has 74 valence electrons. The zero-order valence-corrected chi connectivity index (χ0v) is 7.05. The molecular weight excluding hydrogens is 187 g/mol. The van der Waals surface area contributed by atoms with Gasteiger partial charge < -0.3 is 9.57 Å². The molecule has 1 aliphatic heterocycles. The van der Waals surface area contributed by atoms with Gasteiger partial charge in [0.1, 0.15) is 0 Å². The van der Waals surface area contributed by atoms with E-state index in [1.54, 1.807) is 0 Å². The maximum Gasteiger partial charge on any atom is 0.436 e. The fourth-order valence-corrected chi connectivity index (χ4v) is 0.860. The minimum Gasteiger partial charge on any atom is -0.358 e. The van der Waals surface area contributed by atoms with Crippen molar-refractivity contribution in [3.05, 3.63) is 11.6 Å². The Morgan fingerprint density at radius 2 is 2.15 bits per heavy atom. The molecule has 0 bridgehead atoms. The maximum absolute atomic E-state index is 12.0. The summed E-state index contributed by atoms with van der Waals surface area (Å²) < 4.78 is 40.8. The maximum atomic E-state index is 12.0. The number of hydrogen-bond acceptors (Lipinski definition) is 3. The summed E-state index contributed by atoms with van der Waals surface area (Å²) in [4.78, 5) is 4.46. The predicted octanol–water partition coefficient (Wildman–Crippen LogP) is 1.85. The zero-order valence-electron chi connectivity index (χ0n) is 7.05. The second kappa shape index (κ2) is 3.37. The molecule has 0 aromatic carbocycles. The molecule has 0 aromatic heterocycles. The van der Waals surface area contributed by atoms with Crippen LogP contribution in [0.1, 0.15) is 6.92 Å². The van der Waals surface area contributed by atoms with Gasteiger partial charge in [-0.05, 0) is 18.6 Å². The van der Waals surface area contributed by atoms with Gasteiger partial charge in [0.05, 0.1) is 0 Å². The highest BCUT2D eigenvalue weighted by Gasteiger charge is 2.37. The van der Waals surface area contributed by atoms with Crippen LogP contribution in [0, 0.1) is 0 Å². The number of oxime groups is 1. The van der Waals surface area contributed by atoms with Crippen LogP contribution in [0.15, 0.2) is 16.8 Å². The van der Waals surface area contributed by atoms with Crippen molar-refractivity contribution in [1.29, 1.82) is 0 Å². The third kappa shape index (κ3) is 2.21. The van der Waals surface area contributed by atoms with E-state index in [1.807, 2.05) is 0 Å². The van der Waals surface area contributed by atoms with Crippen LogP contribution in [-0.4, -0.2) is 25.3 Å². The van der Waals surface area contributed by atoms with E-state index >= 15 is 0 Å². The van der Waals surface area contributed by atoms with Gasteiger partial charge in [-0.15, -0.1) is 0 Å². The van der Waals surface area contributed by atoms with Crippen molar-refractivity contribution >= 4 is 5.71 Å². The first-order valence-electron chi connectivity index (χ1n) is 3.47. The highest BCUT2D eigenvalue weighted by Crippen LogP contribution is 2.23. The lowest BCUT2D eigenvalue weighted by Gasteiger charge is -2.19. The van der Waals surface area contributed by atoms with Crippen molar-refractivity contribution in [2.24, 2.45) is 5.16 Å². The van der Waals surface area contributed by atoms with Crippen LogP contribution in [-0.2, 0) is 9.57 Å². The largest absolute Gasteiger partial charge is 0.436 e. The highest BCUT2D eigenvalue weighted by molar-refractivity contribution is 5.99. The lowest BCUT2D eigenvalue weighted by molar-refractivity contribution is -0.109. The molecule has 0 radical (unpaired) electrons. The average Bonchev–Trinajstić information content (AvgIpc) is 2.02. The fourth-order valence-electron chi connectivity index (χ4n) is 0.860. The van der Waals surface area contributed by atoms with Crippen molar-refractivity contribution in [1.82, 2.24) is 0 Å². The SMILES string of the molecule is COC1ON=C(C(F)(F)F)C=C1C. The van der Waals surface area contributed by atoms with E-state index in [2.05, 4.69) is 9.99 Å². The molecule has 1 heterocycles. The Hall–Kier alpha value is -1.04. The Bertz CT molecular complexity index is 257. The van der Waals surface area contributed by atoms with Crippen LogP contribution in [0.2, 0.25) is 0 Å². The van der Waals surface area contributed by atoms with Gasteiger partial charge in [-0.2, -0.15) is 13.2 Å². The van der Waals surface area contributed by atoms with Gasteiger partial charge in [-0.25, -0.2) is 0 Å². The molecule has 0 saturated carbocycles. The molecule has 1 aliphatic rings. The van der Waals surface area contributed by atoms with Crippen molar-refractivity contribution in [3.8, 4) is 0 Å². The van der Waals surface area contributed by atoms with Gasteiger partial charge in [0, 0.05) is 7.11 Å². The van der Waals surface area contributed by atoms with Gasteiger partial charge in [-0.1, -0.05) is 5.16 Å². The monoisotopic (exact) mass is 195 g/mol. The van der Waals surface area contributed by atoms with Crippen molar-refractivity contribution < 1.29 is 22.7 Å². The first-order chi connectivity index (χ1) is 5.95. The Kier molecular flexibility index (Phi) is 2.60. The van der Waals surface area contributed by atoms with E-state index in [0.29, 0.717) is 5.57 Å². The standard InChI is InChI=1S/C7H8F3NO2/c1-4-3-5(7(8,9)10)11-13-6(4)12-2/h3,6H,1-2H3. The number of nitrogens with zero attached hydrogens (tertiary/aromatic N) is 1. The van der Waals surface area contributed by atoms with Crippen LogP contribution >= 0.6 is 0 Å². The van der Waals surface area contributed by atoms with E-state index in [-0.39, 0.29) is 0 Å². The summed E-state index contributed by atoms with van der Waals surface area (Å²) >= 11 is 0.